The standard InChI is InChI=1S/C29H47N3O4/c1-9-32(27(34)24(17-19(2)3)31-28(35)36-29(6,7)8)25(23-16-15-20(4)18-21(23)5)26(33)30-22-13-11-10-12-14-22/h15-16,18-19,22,24-25H,9-14,17H2,1-8H3,(H,30,33)(H,31,35). The topological polar surface area (TPSA) is 87.7 Å². The summed E-state index contributed by atoms with van der Waals surface area (Å²) in [6, 6.07) is 4.52. The lowest BCUT2D eigenvalue weighted by atomic mass is 9.93. The molecule has 2 rings (SSSR count). The Morgan fingerprint density at radius 3 is 2.25 bits per heavy atom. The molecule has 0 aliphatic heterocycles. The molecule has 0 spiro atoms. The molecule has 2 atom stereocenters. The van der Waals surface area contributed by atoms with E-state index in [1.807, 2.05) is 52.8 Å². The van der Waals surface area contributed by atoms with E-state index in [1.54, 1.807) is 25.7 Å². The average molecular weight is 502 g/mol. The number of carbonyl (C=O) groups excluding carboxylic acids is 3. The molecule has 2 N–H and O–H groups in total. The maximum absolute atomic E-state index is 14.0. The van der Waals surface area contributed by atoms with E-state index < -0.39 is 23.8 Å². The third kappa shape index (κ3) is 8.82. The van der Waals surface area contributed by atoms with Crippen LogP contribution >= 0.6 is 0 Å². The van der Waals surface area contributed by atoms with Gasteiger partial charge >= 0.3 is 6.09 Å². The van der Waals surface area contributed by atoms with Crippen molar-refractivity contribution in [2.45, 2.75) is 118 Å². The number of hydrogen-bond acceptors (Lipinski definition) is 4. The van der Waals surface area contributed by atoms with Crippen molar-refractivity contribution in [1.29, 1.82) is 0 Å². The first-order chi connectivity index (χ1) is 16.8. The van der Waals surface area contributed by atoms with E-state index in [9.17, 15) is 14.4 Å². The van der Waals surface area contributed by atoms with Crippen LogP contribution in [0.15, 0.2) is 18.2 Å². The van der Waals surface area contributed by atoms with Gasteiger partial charge < -0.3 is 20.3 Å². The molecule has 0 radical (unpaired) electrons. The first-order valence-electron chi connectivity index (χ1n) is 13.5. The fourth-order valence-corrected chi connectivity index (χ4v) is 4.92. The lowest BCUT2D eigenvalue weighted by molar-refractivity contribution is -0.143. The maximum Gasteiger partial charge on any atom is 0.408 e. The molecule has 7 heteroatoms. The Bertz CT molecular complexity index is 900. The Balaban J connectivity index is 2.41. The van der Waals surface area contributed by atoms with E-state index >= 15 is 0 Å². The summed E-state index contributed by atoms with van der Waals surface area (Å²) >= 11 is 0. The van der Waals surface area contributed by atoms with Crippen LogP contribution in [0.5, 0.6) is 0 Å². The van der Waals surface area contributed by atoms with Gasteiger partial charge in [-0.15, -0.1) is 0 Å². The summed E-state index contributed by atoms with van der Waals surface area (Å²) in [5, 5.41) is 6.02. The molecular formula is C29H47N3O4. The van der Waals surface area contributed by atoms with Crippen LogP contribution in [-0.4, -0.2) is 47.0 Å². The monoisotopic (exact) mass is 501 g/mol. The van der Waals surface area contributed by atoms with Crippen molar-refractivity contribution in [2.75, 3.05) is 6.54 Å². The van der Waals surface area contributed by atoms with Gasteiger partial charge in [0.1, 0.15) is 17.7 Å². The van der Waals surface area contributed by atoms with Gasteiger partial charge in [-0.25, -0.2) is 4.79 Å². The fourth-order valence-electron chi connectivity index (χ4n) is 4.92. The Morgan fingerprint density at radius 1 is 1.08 bits per heavy atom. The van der Waals surface area contributed by atoms with Crippen LogP contribution < -0.4 is 10.6 Å². The van der Waals surface area contributed by atoms with E-state index in [0.29, 0.717) is 13.0 Å². The molecule has 36 heavy (non-hydrogen) atoms. The normalized spacial score (nSPS) is 16.2. The number of nitrogens with zero attached hydrogens (tertiary/aromatic N) is 1. The van der Waals surface area contributed by atoms with Crippen molar-refractivity contribution >= 4 is 17.9 Å². The second-order valence-electron chi connectivity index (χ2n) is 11.6. The lowest BCUT2D eigenvalue weighted by Crippen LogP contribution is -2.54. The van der Waals surface area contributed by atoms with Crippen LogP contribution in [0.1, 0.15) is 103 Å². The highest BCUT2D eigenvalue weighted by atomic mass is 16.6. The number of carbonyl (C=O) groups is 3. The average Bonchev–Trinajstić information content (AvgIpc) is 2.76. The number of aryl methyl sites for hydroxylation is 2. The number of benzene rings is 1. The van der Waals surface area contributed by atoms with Gasteiger partial charge in [-0.3, -0.25) is 9.59 Å². The molecule has 1 aromatic carbocycles. The van der Waals surface area contributed by atoms with Crippen molar-refractivity contribution < 1.29 is 19.1 Å². The second-order valence-corrected chi connectivity index (χ2v) is 11.6. The van der Waals surface area contributed by atoms with Gasteiger partial charge in [-0.05, 0) is 77.8 Å². The molecule has 0 bridgehead atoms. The van der Waals surface area contributed by atoms with E-state index in [1.165, 1.54) is 6.42 Å². The van der Waals surface area contributed by atoms with Crippen LogP contribution in [0, 0.1) is 19.8 Å². The number of rotatable bonds is 9. The van der Waals surface area contributed by atoms with Gasteiger partial charge in [0.15, 0.2) is 0 Å². The smallest absolute Gasteiger partial charge is 0.408 e. The van der Waals surface area contributed by atoms with Gasteiger partial charge in [0.2, 0.25) is 11.8 Å². The first-order valence-corrected chi connectivity index (χ1v) is 13.5. The van der Waals surface area contributed by atoms with Gasteiger partial charge in [-0.1, -0.05) is 56.9 Å². The van der Waals surface area contributed by atoms with Crippen molar-refractivity contribution in [3.8, 4) is 0 Å². The summed E-state index contributed by atoms with van der Waals surface area (Å²) in [6.45, 7) is 15.6. The molecular weight excluding hydrogens is 454 g/mol. The third-order valence-electron chi connectivity index (χ3n) is 6.55. The molecule has 2 unspecified atom stereocenters. The number of hydrogen-bond donors (Lipinski definition) is 2. The van der Waals surface area contributed by atoms with Crippen molar-refractivity contribution in [2.24, 2.45) is 5.92 Å². The summed E-state index contributed by atoms with van der Waals surface area (Å²) in [7, 11) is 0. The van der Waals surface area contributed by atoms with Gasteiger partial charge in [0.25, 0.3) is 0 Å². The van der Waals surface area contributed by atoms with Gasteiger partial charge in [0.05, 0.1) is 0 Å². The van der Waals surface area contributed by atoms with Crippen LogP contribution in [-0.2, 0) is 14.3 Å². The maximum atomic E-state index is 14.0. The number of amides is 3. The van der Waals surface area contributed by atoms with E-state index in [-0.39, 0.29) is 23.8 Å². The van der Waals surface area contributed by atoms with Crippen LogP contribution in [0.2, 0.25) is 0 Å². The van der Waals surface area contributed by atoms with Gasteiger partial charge in [0, 0.05) is 12.6 Å². The minimum Gasteiger partial charge on any atom is -0.444 e. The molecule has 1 aromatic rings. The Hall–Kier alpha value is -2.57. The highest BCUT2D eigenvalue weighted by Crippen LogP contribution is 2.28. The van der Waals surface area contributed by atoms with Crippen molar-refractivity contribution in [1.82, 2.24) is 15.5 Å². The van der Waals surface area contributed by atoms with E-state index in [0.717, 1.165) is 42.4 Å². The molecule has 1 aliphatic rings. The lowest BCUT2D eigenvalue weighted by Gasteiger charge is -2.36. The zero-order valence-electron chi connectivity index (χ0n) is 23.6. The third-order valence-corrected chi connectivity index (χ3v) is 6.55. The molecule has 1 aliphatic carbocycles. The van der Waals surface area contributed by atoms with Crippen LogP contribution in [0.4, 0.5) is 4.79 Å². The number of alkyl carbamates (subject to hydrolysis) is 1. The molecule has 7 nitrogen and oxygen atoms in total. The Labute approximate surface area is 217 Å². The molecule has 3 amide bonds. The van der Waals surface area contributed by atoms with Gasteiger partial charge in [-0.2, -0.15) is 0 Å². The zero-order chi connectivity index (χ0) is 27.0. The molecule has 1 saturated carbocycles. The summed E-state index contributed by atoms with van der Waals surface area (Å²) in [5.41, 5.74) is 2.19. The minimum absolute atomic E-state index is 0.125. The first kappa shape index (κ1) is 29.7. The SMILES string of the molecule is CCN(C(=O)C(CC(C)C)NC(=O)OC(C)(C)C)C(C(=O)NC1CCCCC1)c1ccc(C)cc1C. The van der Waals surface area contributed by atoms with E-state index in [4.69, 9.17) is 4.74 Å². The zero-order valence-corrected chi connectivity index (χ0v) is 23.6. The molecule has 0 saturated heterocycles. The predicted molar refractivity (Wildman–Crippen MR) is 144 cm³/mol. The van der Waals surface area contributed by atoms with Crippen molar-refractivity contribution in [3.63, 3.8) is 0 Å². The summed E-state index contributed by atoms with van der Waals surface area (Å²) in [4.78, 5) is 42.0. The molecule has 0 aromatic heterocycles. The predicted octanol–water partition coefficient (Wildman–Crippen LogP) is 5.58. The summed E-state index contributed by atoms with van der Waals surface area (Å²) in [5.74, 6) is -0.284. The largest absolute Gasteiger partial charge is 0.444 e. The Kier molecular flexibility index (Phi) is 10.8. The fraction of sp³-hybridized carbons (Fsp3) is 0.690. The molecule has 1 fully saturated rings. The van der Waals surface area contributed by atoms with Crippen molar-refractivity contribution in [3.05, 3.63) is 34.9 Å². The highest BCUT2D eigenvalue weighted by molar-refractivity contribution is 5.92. The number of nitrogens with one attached hydrogen (secondary N) is 2. The number of likely N-dealkylation sites (N-methyl/N-ethyl adjacent to an activating group) is 1. The Morgan fingerprint density at radius 2 is 1.72 bits per heavy atom. The number of ether oxygens (including phenoxy) is 1. The quantitative estimate of drug-likeness (QED) is 0.462. The van der Waals surface area contributed by atoms with E-state index in [2.05, 4.69) is 10.6 Å². The molecule has 202 valence electrons. The summed E-state index contributed by atoms with van der Waals surface area (Å²) < 4.78 is 5.44. The highest BCUT2D eigenvalue weighted by Gasteiger charge is 2.37. The van der Waals surface area contributed by atoms with Crippen LogP contribution in [0.3, 0.4) is 0 Å². The molecule has 0 heterocycles. The minimum atomic E-state index is -0.796. The summed E-state index contributed by atoms with van der Waals surface area (Å²) in [6.07, 6.45) is 5.13. The second kappa shape index (κ2) is 13.1. The van der Waals surface area contributed by atoms with Crippen LogP contribution in [0.25, 0.3) is 0 Å².